The zero-order chi connectivity index (χ0) is 16.1. The van der Waals surface area contributed by atoms with Gasteiger partial charge in [-0.3, -0.25) is 0 Å². The Morgan fingerprint density at radius 2 is 1.74 bits per heavy atom. The molecular formula is C18H25N3O2. The van der Waals surface area contributed by atoms with Gasteiger partial charge >= 0.3 is 0 Å². The van der Waals surface area contributed by atoms with Gasteiger partial charge in [-0.25, -0.2) is 0 Å². The molecule has 0 spiro atoms. The van der Waals surface area contributed by atoms with Crippen LogP contribution in [0.5, 0.6) is 0 Å². The molecule has 23 heavy (non-hydrogen) atoms. The highest BCUT2D eigenvalue weighted by molar-refractivity contribution is 5.22. The second-order valence-corrected chi connectivity index (χ2v) is 6.46. The minimum Gasteiger partial charge on any atom is -0.392 e. The van der Waals surface area contributed by atoms with Crippen LogP contribution < -0.4 is 5.32 Å². The summed E-state index contributed by atoms with van der Waals surface area (Å²) in [7, 11) is 0. The molecule has 0 amide bonds. The minimum absolute atomic E-state index is 0.0831. The molecule has 2 N–H and O–H groups in total. The van der Waals surface area contributed by atoms with Gasteiger partial charge in [0.2, 0.25) is 5.89 Å². The number of hydrogen-bond donors (Lipinski definition) is 2. The Hall–Kier alpha value is -1.72. The Bertz CT molecular complexity index is 613. The van der Waals surface area contributed by atoms with Crippen molar-refractivity contribution in [2.45, 2.75) is 64.1 Å². The number of nitrogens with zero attached hydrogens (tertiary/aromatic N) is 2. The van der Waals surface area contributed by atoms with E-state index in [1.807, 2.05) is 19.1 Å². The topological polar surface area (TPSA) is 71.2 Å². The SMILES string of the molecule is Cc1nc(C2(NCc3ccc(CO)cc3)CCCCCC2)no1. The Balaban J connectivity index is 1.77. The highest BCUT2D eigenvalue weighted by atomic mass is 16.5. The lowest BCUT2D eigenvalue weighted by Gasteiger charge is -2.31. The lowest BCUT2D eigenvalue weighted by Crippen LogP contribution is -2.42. The lowest BCUT2D eigenvalue weighted by atomic mass is 9.89. The Morgan fingerprint density at radius 3 is 2.30 bits per heavy atom. The first-order valence-electron chi connectivity index (χ1n) is 8.46. The van der Waals surface area contributed by atoms with E-state index in [2.05, 4.69) is 27.6 Å². The number of rotatable bonds is 5. The molecule has 0 radical (unpaired) electrons. The molecule has 1 aliphatic carbocycles. The summed E-state index contributed by atoms with van der Waals surface area (Å²) >= 11 is 0. The van der Waals surface area contributed by atoms with Crippen LogP contribution in [-0.4, -0.2) is 15.2 Å². The second kappa shape index (κ2) is 7.23. The molecule has 0 unspecified atom stereocenters. The molecule has 5 heteroatoms. The van der Waals surface area contributed by atoms with Crippen LogP contribution in [0.4, 0.5) is 0 Å². The van der Waals surface area contributed by atoms with Gasteiger partial charge < -0.3 is 14.9 Å². The second-order valence-electron chi connectivity index (χ2n) is 6.46. The van der Waals surface area contributed by atoms with Crippen LogP contribution in [0.3, 0.4) is 0 Å². The molecular weight excluding hydrogens is 290 g/mol. The van der Waals surface area contributed by atoms with E-state index >= 15 is 0 Å². The maximum atomic E-state index is 9.14. The first kappa shape index (κ1) is 16.1. The summed E-state index contributed by atoms with van der Waals surface area (Å²) in [6.07, 6.45) is 6.99. The number of aromatic nitrogens is 2. The first-order valence-corrected chi connectivity index (χ1v) is 8.46. The Labute approximate surface area is 137 Å². The molecule has 124 valence electrons. The number of aliphatic hydroxyl groups is 1. The molecule has 1 fully saturated rings. The number of nitrogens with one attached hydrogen (secondary N) is 1. The first-order chi connectivity index (χ1) is 11.2. The average Bonchev–Trinajstić information content (AvgIpc) is 2.88. The molecule has 1 saturated carbocycles. The van der Waals surface area contributed by atoms with Crippen LogP contribution in [0.15, 0.2) is 28.8 Å². The fourth-order valence-electron chi connectivity index (χ4n) is 3.34. The van der Waals surface area contributed by atoms with Crippen LogP contribution in [0, 0.1) is 6.92 Å². The third-order valence-electron chi connectivity index (χ3n) is 4.75. The van der Waals surface area contributed by atoms with E-state index < -0.39 is 0 Å². The van der Waals surface area contributed by atoms with E-state index in [4.69, 9.17) is 9.63 Å². The van der Waals surface area contributed by atoms with Gasteiger partial charge in [-0.05, 0) is 24.0 Å². The van der Waals surface area contributed by atoms with Gasteiger partial charge in [0.05, 0.1) is 12.1 Å². The van der Waals surface area contributed by atoms with Gasteiger partial charge in [-0.1, -0.05) is 55.1 Å². The summed E-state index contributed by atoms with van der Waals surface area (Å²) in [5.74, 6) is 1.42. The molecule has 0 bridgehead atoms. The van der Waals surface area contributed by atoms with Gasteiger partial charge in [0.15, 0.2) is 5.82 Å². The molecule has 3 rings (SSSR count). The maximum Gasteiger partial charge on any atom is 0.223 e. The molecule has 2 aromatic rings. The van der Waals surface area contributed by atoms with E-state index in [0.717, 1.165) is 30.8 Å². The zero-order valence-corrected chi connectivity index (χ0v) is 13.7. The van der Waals surface area contributed by atoms with Gasteiger partial charge in [-0.2, -0.15) is 4.98 Å². The fraction of sp³-hybridized carbons (Fsp3) is 0.556. The molecule has 5 nitrogen and oxygen atoms in total. The van der Waals surface area contributed by atoms with Crippen molar-refractivity contribution in [2.24, 2.45) is 0 Å². The Morgan fingerprint density at radius 1 is 1.09 bits per heavy atom. The van der Waals surface area contributed by atoms with Gasteiger partial charge in [0.25, 0.3) is 0 Å². The number of benzene rings is 1. The zero-order valence-electron chi connectivity index (χ0n) is 13.7. The van der Waals surface area contributed by atoms with E-state index in [1.54, 1.807) is 0 Å². The van der Waals surface area contributed by atoms with E-state index in [-0.39, 0.29) is 12.1 Å². The fourth-order valence-corrected chi connectivity index (χ4v) is 3.34. The summed E-state index contributed by atoms with van der Waals surface area (Å²) in [6, 6.07) is 8.05. The van der Waals surface area contributed by atoms with Crippen LogP contribution in [0.2, 0.25) is 0 Å². The predicted molar refractivity (Wildman–Crippen MR) is 87.6 cm³/mol. The van der Waals surface area contributed by atoms with Crippen LogP contribution in [0.25, 0.3) is 0 Å². The van der Waals surface area contributed by atoms with E-state index in [0.29, 0.717) is 5.89 Å². The molecule has 0 saturated heterocycles. The van der Waals surface area contributed by atoms with Crippen molar-refractivity contribution < 1.29 is 9.63 Å². The smallest absolute Gasteiger partial charge is 0.223 e. The molecule has 1 aromatic heterocycles. The number of aryl methyl sites for hydroxylation is 1. The van der Waals surface area contributed by atoms with Gasteiger partial charge in [0, 0.05) is 13.5 Å². The largest absolute Gasteiger partial charge is 0.392 e. The lowest BCUT2D eigenvalue weighted by molar-refractivity contribution is 0.258. The summed E-state index contributed by atoms with van der Waals surface area (Å²) in [5, 5.41) is 17.1. The average molecular weight is 315 g/mol. The van der Waals surface area contributed by atoms with Crippen molar-refractivity contribution in [3.05, 3.63) is 47.1 Å². The summed E-state index contributed by atoms with van der Waals surface area (Å²) in [5.41, 5.74) is 1.95. The molecule has 1 aromatic carbocycles. The quantitative estimate of drug-likeness (QED) is 0.829. The number of hydrogen-bond acceptors (Lipinski definition) is 5. The van der Waals surface area contributed by atoms with Crippen LogP contribution >= 0.6 is 0 Å². The summed E-state index contributed by atoms with van der Waals surface area (Å²) in [4.78, 5) is 4.51. The number of aliphatic hydroxyl groups excluding tert-OH is 1. The third kappa shape index (κ3) is 3.79. The van der Waals surface area contributed by atoms with Crippen molar-refractivity contribution in [3.63, 3.8) is 0 Å². The molecule has 0 aliphatic heterocycles. The van der Waals surface area contributed by atoms with E-state index in [9.17, 15) is 0 Å². The summed E-state index contributed by atoms with van der Waals surface area (Å²) < 4.78 is 5.24. The third-order valence-corrected chi connectivity index (χ3v) is 4.75. The van der Waals surface area contributed by atoms with Crippen LogP contribution in [0.1, 0.15) is 61.4 Å². The van der Waals surface area contributed by atoms with E-state index in [1.165, 1.54) is 31.2 Å². The monoisotopic (exact) mass is 315 g/mol. The van der Waals surface area contributed by atoms with Crippen molar-refractivity contribution in [3.8, 4) is 0 Å². The summed E-state index contributed by atoms with van der Waals surface area (Å²) in [6.45, 7) is 2.69. The Kier molecular flexibility index (Phi) is 5.08. The predicted octanol–water partition coefficient (Wildman–Crippen LogP) is 3.21. The highest BCUT2D eigenvalue weighted by Crippen LogP contribution is 2.34. The van der Waals surface area contributed by atoms with Crippen molar-refractivity contribution in [1.82, 2.24) is 15.5 Å². The van der Waals surface area contributed by atoms with Crippen LogP contribution in [-0.2, 0) is 18.7 Å². The molecule has 1 heterocycles. The molecule has 1 aliphatic rings. The molecule has 0 atom stereocenters. The van der Waals surface area contributed by atoms with Crippen molar-refractivity contribution in [1.29, 1.82) is 0 Å². The highest BCUT2D eigenvalue weighted by Gasteiger charge is 2.36. The normalized spacial score (nSPS) is 17.8. The van der Waals surface area contributed by atoms with Crippen molar-refractivity contribution >= 4 is 0 Å². The van der Waals surface area contributed by atoms with Crippen molar-refractivity contribution in [2.75, 3.05) is 0 Å². The standard InChI is InChI=1S/C18H25N3O2/c1-14-20-17(21-23-14)18(10-4-2-3-5-11-18)19-12-15-6-8-16(13-22)9-7-15/h6-9,19,22H,2-5,10-13H2,1H3. The maximum absolute atomic E-state index is 9.14. The minimum atomic E-state index is -0.191. The van der Waals surface area contributed by atoms with Gasteiger partial charge in [-0.15, -0.1) is 0 Å². The van der Waals surface area contributed by atoms with Gasteiger partial charge in [0.1, 0.15) is 0 Å².